The SMILES string of the molecule is CC(=O)N1CCN(Cc2cncn2Cc2cccc(Cc3ccccc3)c2)CC1. The van der Waals surface area contributed by atoms with Crippen LogP contribution >= 0.6 is 0 Å². The van der Waals surface area contributed by atoms with Crippen molar-refractivity contribution in [2.45, 2.75) is 26.4 Å². The van der Waals surface area contributed by atoms with Crippen molar-refractivity contribution < 1.29 is 4.79 Å². The highest BCUT2D eigenvalue weighted by atomic mass is 16.2. The third-order valence-corrected chi connectivity index (χ3v) is 5.60. The number of carbonyl (C=O) groups excluding carboxylic acids is 1. The molecule has 0 bridgehead atoms. The average molecular weight is 389 g/mol. The number of benzene rings is 2. The number of rotatable bonds is 6. The van der Waals surface area contributed by atoms with Crippen LogP contribution in [-0.2, 0) is 24.3 Å². The van der Waals surface area contributed by atoms with E-state index in [0.29, 0.717) is 0 Å². The van der Waals surface area contributed by atoms with E-state index in [2.05, 4.69) is 69.0 Å². The highest BCUT2D eigenvalue weighted by molar-refractivity contribution is 5.73. The van der Waals surface area contributed by atoms with Gasteiger partial charge in [0.15, 0.2) is 0 Å². The normalized spacial score (nSPS) is 14.9. The summed E-state index contributed by atoms with van der Waals surface area (Å²) in [7, 11) is 0. The van der Waals surface area contributed by atoms with Gasteiger partial charge in [0.1, 0.15) is 0 Å². The second-order valence-electron chi connectivity index (χ2n) is 7.78. The zero-order chi connectivity index (χ0) is 20.1. The fraction of sp³-hybridized carbons (Fsp3) is 0.333. The van der Waals surface area contributed by atoms with Crippen LogP contribution in [0.5, 0.6) is 0 Å². The number of hydrogen-bond donors (Lipinski definition) is 0. The van der Waals surface area contributed by atoms with Crippen molar-refractivity contribution in [1.82, 2.24) is 19.4 Å². The van der Waals surface area contributed by atoms with E-state index in [9.17, 15) is 4.79 Å². The van der Waals surface area contributed by atoms with Crippen molar-refractivity contribution in [2.24, 2.45) is 0 Å². The molecule has 4 rings (SSSR count). The van der Waals surface area contributed by atoms with Gasteiger partial charge >= 0.3 is 0 Å². The lowest BCUT2D eigenvalue weighted by atomic mass is 10.0. The lowest BCUT2D eigenvalue weighted by molar-refractivity contribution is -0.130. The Morgan fingerprint density at radius 1 is 0.897 bits per heavy atom. The Hall–Kier alpha value is -2.92. The summed E-state index contributed by atoms with van der Waals surface area (Å²) in [6, 6.07) is 19.4. The molecule has 1 aliphatic heterocycles. The van der Waals surface area contributed by atoms with Gasteiger partial charge in [-0.25, -0.2) is 4.98 Å². The summed E-state index contributed by atoms with van der Waals surface area (Å²) in [6.07, 6.45) is 4.84. The zero-order valence-corrected chi connectivity index (χ0v) is 17.0. The fourth-order valence-corrected chi connectivity index (χ4v) is 3.94. The van der Waals surface area contributed by atoms with Crippen molar-refractivity contribution in [3.63, 3.8) is 0 Å². The summed E-state index contributed by atoms with van der Waals surface area (Å²) in [5.41, 5.74) is 5.17. The minimum absolute atomic E-state index is 0.171. The number of imidazole rings is 1. The van der Waals surface area contributed by atoms with E-state index in [1.54, 1.807) is 6.92 Å². The van der Waals surface area contributed by atoms with Crippen LogP contribution < -0.4 is 0 Å². The second kappa shape index (κ2) is 9.05. The summed E-state index contributed by atoms with van der Waals surface area (Å²) < 4.78 is 2.24. The standard InChI is InChI=1S/C24H28N4O/c1-20(29)27-12-10-26(11-13-27)18-24-16-25-19-28(24)17-23-9-5-8-22(15-23)14-21-6-3-2-4-7-21/h2-9,15-16,19H,10-14,17-18H2,1H3. The quantitative estimate of drug-likeness (QED) is 0.651. The number of carbonyl (C=O) groups is 1. The maximum absolute atomic E-state index is 11.5. The molecular formula is C24H28N4O. The minimum atomic E-state index is 0.171. The van der Waals surface area contributed by atoms with Crippen LogP contribution in [-0.4, -0.2) is 51.4 Å². The molecule has 5 heteroatoms. The monoisotopic (exact) mass is 388 g/mol. The second-order valence-corrected chi connectivity index (χ2v) is 7.78. The van der Waals surface area contributed by atoms with Crippen molar-refractivity contribution in [1.29, 1.82) is 0 Å². The van der Waals surface area contributed by atoms with Gasteiger partial charge in [-0.15, -0.1) is 0 Å². The Morgan fingerprint density at radius 3 is 2.38 bits per heavy atom. The molecule has 5 nitrogen and oxygen atoms in total. The lowest BCUT2D eigenvalue weighted by Crippen LogP contribution is -2.47. The fourth-order valence-electron chi connectivity index (χ4n) is 3.94. The minimum Gasteiger partial charge on any atom is -0.340 e. The maximum atomic E-state index is 11.5. The van der Waals surface area contributed by atoms with E-state index in [-0.39, 0.29) is 5.91 Å². The van der Waals surface area contributed by atoms with E-state index in [1.165, 1.54) is 22.4 Å². The van der Waals surface area contributed by atoms with Crippen LogP contribution in [0.1, 0.15) is 29.3 Å². The van der Waals surface area contributed by atoms with E-state index in [0.717, 1.165) is 45.7 Å². The molecule has 1 saturated heterocycles. The van der Waals surface area contributed by atoms with Gasteiger partial charge in [0, 0.05) is 52.4 Å². The van der Waals surface area contributed by atoms with Crippen LogP contribution in [0.3, 0.4) is 0 Å². The van der Waals surface area contributed by atoms with Crippen LogP contribution in [0.15, 0.2) is 67.1 Å². The first-order valence-electron chi connectivity index (χ1n) is 10.3. The Balaban J connectivity index is 1.39. The molecule has 0 saturated carbocycles. The van der Waals surface area contributed by atoms with E-state index < -0.39 is 0 Å². The first-order chi connectivity index (χ1) is 14.2. The third kappa shape index (κ3) is 5.12. The molecule has 0 aliphatic carbocycles. The predicted octanol–water partition coefficient (Wildman–Crippen LogP) is 3.19. The molecule has 1 amide bonds. The smallest absolute Gasteiger partial charge is 0.219 e. The topological polar surface area (TPSA) is 41.4 Å². The van der Waals surface area contributed by atoms with Gasteiger partial charge < -0.3 is 9.47 Å². The van der Waals surface area contributed by atoms with Crippen molar-refractivity contribution in [2.75, 3.05) is 26.2 Å². The largest absolute Gasteiger partial charge is 0.340 e. The molecule has 0 spiro atoms. The molecule has 2 aromatic carbocycles. The first-order valence-corrected chi connectivity index (χ1v) is 10.3. The van der Waals surface area contributed by atoms with Gasteiger partial charge in [-0.1, -0.05) is 54.6 Å². The van der Waals surface area contributed by atoms with E-state index >= 15 is 0 Å². The highest BCUT2D eigenvalue weighted by Crippen LogP contribution is 2.15. The highest BCUT2D eigenvalue weighted by Gasteiger charge is 2.19. The summed E-state index contributed by atoms with van der Waals surface area (Å²) in [6.45, 7) is 6.79. The molecule has 1 aromatic heterocycles. The third-order valence-electron chi connectivity index (χ3n) is 5.60. The Morgan fingerprint density at radius 2 is 1.62 bits per heavy atom. The predicted molar refractivity (Wildman–Crippen MR) is 115 cm³/mol. The molecular weight excluding hydrogens is 360 g/mol. The summed E-state index contributed by atoms with van der Waals surface area (Å²) >= 11 is 0. The van der Waals surface area contributed by atoms with Crippen LogP contribution in [0.25, 0.3) is 0 Å². The molecule has 0 N–H and O–H groups in total. The van der Waals surface area contributed by atoms with Crippen molar-refractivity contribution in [3.05, 3.63) is 89.5 Å². The van der Waals surface area contributed by atoms with Gasteiger partial charge in [0.2, 0.25) is 5.91 Å². The number of aromatic nitrogens is 2. The molecule has 1 fully saturated rings. The Kier molecular flexibility index (Phi) is 6.06. The van der Waals surface area contributed by atoms with Gasteiger partial charge in [-0.2, -0.15) is 0 Å². The van der Waals surface area contributed by atoms with Gasteiger partial charge in [-0.3, -0.25) is 9.69 Å². The number of piperazine rings is 1. The molecule has 2 heterocycles. The molecule has 29 heavy (non-hydrogen) atoms. The molecule has 0 unspecified atom stereocenters. The van der Waals surface area contributed by atoms with Crippen molar-refractivity contribution >= 4 is 5.91 Å². The number of hydrogen-bond acceptors (Lipinski definition) is 3. The van der Waals surface area contributed by atoms with Crippen molar-refractivity contribution in [3.8, 4) is 0 Å². The average Bonchev–Trinajstić information content (AvgIpc) is 3.16. The van der Waals surface area contributed by atoms with Crippen LogP contribution in [0, 0.1) is 0 Å². The van der Waals surface area contributed by atoms with Crippen LogP contribution in [0.4, 0.5) is 0 Å². The summed E-state index contributed by atoms with van der Waals surface area (Å²) in [5.74, 6) is 0.171. The maximum Gasteiger partial charge on any atom is 0.219 e. The van der Waals surface area contributed by atoms with Gasteiger partial charge in [0.25, 0.3) is 0 Å². The number of amides is 1. The molecule has 1 aliphatic rings. The van der Waals surface area contributed by atoms with Gasteiger partial charge in [-0.05, 0) is 23.1 Å². The van der Waals surface area contributed by atoms with E-state index in [1.807, 2.05) is 17.4 Å². The summed E-state index contributed by atoms with van der Waals surface area (Å²) in [4.78, 5) is 20.2. The summed E-state index contributed by atoms with van der Waals surface area (Å²) in [5, 5.41) is 0. The molecule has 0 radical (unpaired) electrons. The number of nitrogens with zero attached hydrogens (tertiary/aromatic N) is 4. The lowest BCUT2D eigenvalue weighted by Gasteiger charge is -2.34. The van der Waals surface area contributed by atoms with Crippen LogP contribution in [0.2, 0.25) is 0 Å². The Labute approximate surface area is 172 Å². The molecule has 3 aromatic rings. The molecule has 0 atom stereocenters. The van der Waals surface area contributed by atoms with Gasteiger partial charge in [0.05, 0.1) is 12.0 Å². The zero-order valence-electron chi connectivity index (χ0n) is 17.0. The Bertz CT molecular complexity index is 942. The first kappa shape index (κ1) is 19.4. The molecule has 150 valence electrons. The van der Waals surface area contributed by atoms with E-state index in [4.69, 9.17) is 0 Å².